The van der Waals surface area contributed by atoms with E-state index in [-0.39, 0.29) is 5.41 Å². The van der Waals surface area contributed by atoms with Gasteiger partial charge in [0.2, 0.25) is 0 Å². The van der Waals surface area contributed by atoms with E-state index in [1.54, 1.807) is 0 Å². The molecule has 2 heteroatoms. The van der Waals surface area contributed by atoms with Crippen LogP contribution in [0.2, 0.25) is 0 Å². The van der Waals surface area contributed by atoms with Gasteiger partial charge in [0.05, 0.1) is 0 Å². The lowest BCUT2D eigenvalue weighted by Crippen LogP contribution is -2.18. The van der Waals surface area contributed by atoms with E-state index in [4.69, 9.17) is 4.74 Å². The molecular weight excluding hydrogens is 288 g/mol. The number of aryl methyl sites for hydroxylation is 1. The van der Waals surface area contributed by atoms with Crippen LogP contribution >= 0.6 is 10.0 Å². The minimum Gasteiger partial charge on any atom is -0.455 e. The van der Waals surface area contributed by atoms with Crippen molar-refractivity contribution in [1.29, 1.82) is 0 Å². The summed E-state index contributed by atoms with van der Waals surface area (Å²) in [5.41, 5.74) is 2.87. The molecule has 2 aromatic carbocycles. The molecule has 1 aliphatic heterocycles. The monoisotopic (exact) mass is 314 g/mol. The van der Waals surface area contributed by atoms with Gasteiger partial charge >= 0.3 is 0 Å². The van der Waals surface area contributed by atoms with E-state index >= 15 is 0 Å². The molecule has 2 aromatic rings. The van der Waals surface area contributed by atoms with E-state index in [9.17, 15) is 0 Å². The van der Waals surface area contributed by atoms with Gasteiger partial charge in [-0.25, -0.2) is 0 Å². The Balaban J connectivity index is 2.25. The lowest BCUT2D eigenvalue weighted by molar-refractivity contribution is 0.444. The highest BCUT2D eigenvalue weighted by Gasteiger charge is 2.35. The smallest absolute Gasteiger partial charge is 0.140 e. The number of hydrogen-bond acceptors (Lipinski definition) is 1. The summed E-state index contributed by atoms with van der Waals surface area (Å²) < 4.78 is 6.31. The molecule has 0 bridgehead atoms. The minimum absolute atomic E-state index is 0.125. The van der Waals surface area contributed by atoms with Crippen LogP contribution in [-0.2, 0) is 11.8 Å². The first-order chi connectivity index (χ1) is 10.2. The molecule has 1 heterocycles. The third kappa shape index (κ3) is 2.34. The summed E-state index contributed by atoms with van der Waals surface area (Å²) in [5, 5.41) is 0. The van der Waals surface area contributed by atoms with Gasteiger partial charge in [-0.3, -0.25) is 0 Å². The van der Waals surface area contributed by atoms with Gasteiger partial charge in [0, 0.05) is 9.79 Å². The van der Waals surface area contributed by atoms with E-state index < -0.39 is 10.0 Å². The van der Waals surface area contributed by atoms with Gasteiger partial charge in [0.1, 0.15) is 11.5 Å². The molecule has 0 radical (unpaired) electrons. The van der Waals surface area contributed by atoms with Gasteiger partial charge in [0.15, 0.2) is 0 Å². The maximum absolute atomic E-state index is 6.31. The summed E-state index contributed by atoms with van der Waals surface area (Å²) in [7, 11) is -1.07. The third-order valence-corrected chi connectivity index (χ3v) is 7.36. The molecule has 0 saturated carbocycles. The lowest BCUT2D eigenvalue weighted by Gasteiger charge is -2.42. The summed E-state index contributed by atoms with van der Waals surface area (Å²) in [5.74, 6) is 2.10. The van der Waals surface area contributed by atoms with Crippen molar-refractivity contribution in [2.24, 2.45) is 0 Å². The molecule has 0 unspecified atom stereocenters. The van der Waals surface area contributed by atoms with Crippen LogP contribution in [0, 0.1) is 0 Å². The molecule has 0 saturated heterocycles. The average molecular weight is 314 g/mol. The molecule has 118 valence electrons. The molecule has 0 amide bonds. The van der Waals surface area contributed by atoms with Crippen molar-refractivity contribution in [1.82, 2.24) is 0 Å². The highest BCUT2D eigenvalue weighted by molar-refractivity contribution is 8.33. The second kappa shape index (κ2) is 5.06. The fourth-order valence-electron chi connectivity index (χ4n) is 3.22. The average Bonchev–Trinajstić information content (AvgIpc) is 2.45. The SMILES string of the molecule is CCc1ccc2c(c1)Oc1cccc(C(C)(C)C)c1S2(C)C. The van der Waals surface area contributed by atoms with Crippen LogP contribution < -0.4 is 4.74 Å². The van der Waals surface area contributed by atoms with Crippen LogP contribution in [0.4, 0.5) is 0 Å². The van der Waals surface area contributed by atoms with Crippen LogP contribution in [-0.4, -0.2) is 12.5 Å². The van der Waals surface area contributed by atoms with Gasteiger partial charge in [-0.2, -0.15) is 10.0 Å². The number of ether oxygens (including phenoxy) is 1. The van der Waals surface area contributed by atoms with E-state index in [0.717, 1.165) is 17.9 Å². The molecule has 0 aromatic heterocycles. The number of fused-ring (bicyclic) bond motifs is 2. The Bertz CT molecular complexity index is 723. The first-order valence-corrected chi connectivity index (χ1v) is 10.4. The van der Waals surface area contributed by atoms with Gasteiger partial charge in [0.25, 0.3) is 0 Å². The normalized spacial score (nSPS) is 17.2. The number of rotatable bonds is 1. The predicted molar refractivity (Wildman–Crippen MR) is 97.0 cm³/mol. The van der Waals surface area contributed by atoms with E-state index in [1.807, 2.05) is 0 Å². The summed E-state index contributed by atoms with van der Waals surface area (Å²) in [6.45, 7) is 9.05. The van der Waals surface area contributed by atoms with E-state index in [1.165, 1.54) is 20.9 Å². The Hall–Kier alpha value is -1.41. The molecule has 0 aliphatic carbocycles. The molecule has 0 spiro atoms. The van der Waals surface area contributed by atoms with Crippen molar-refractivity contribution >= 4 is 10.0 Å². The van der Waals surface area contributed by atoms with Crippen molar-refractivity contribution in [2.75, 3.05) is 12.5 Å². The number of benzene rings is 2. The quantitative estimate of drug-likeness (QED) is 0.615. The summed E-state index contributed by atoms with van der Waals surface area (Å²) >= 11 is 0. The van der Waals surface area contributed by atoms with Crippen molar-refractivity contribution in [3.05, 3.63) is 47.5 Å². The van der Waals surface area contributed by atoms with Gasteiger partial charge < -0.3 is 4.74 Å². The summed E-state index contributed by atoms with van der Waals surface area (Å²) in [4.78, 5) is 2.79. The first-order valence-electron chi connectivity index (χ1n) is 7.93. The first kappa shape index (κ1) is 15.5. The fraction of sp³-hybridized carbons (Fsp3) is 0.400. The second-order valence-corrected chi connectivity index (χ2v) is 10.9. The molecule has 3 rings (SSSR count). The minimum atomic E-state index is -1.07. The maximum atomic E-state index is 6.31. The summed E-state index contributed by atoms with van der Waals surface area (Å²) in [6.07, 6.45) is 5.84. The Labute approximate surface area is 136 Å². The third-order valence-electron chi connectivity index (χ3n) is 4.48. The van der Waals surface area contributed by atoms with Gasteiger partial charge in [-0.1, -0.05) is 45.9 Å². The maximum Gasteiger partial charge on any atom is 0.140 e. The lowest BCUT2D eigenvalue weighted by atomic mass is 9.87. The van der Waals surface area contributed by atoms with Crippen LogP contribution in [0.15, 0.2) is 46.2 Å². The zero-order valence-corrected chi connectivity index (χ0v) is 15.3. The van der Waals surface area contributed by atoms with Crippen molar-refractivity contribution in [2.45, 2.75) is 49.3 Å². The Morgan fingerprint density at radius 2 is 1.73 bits per heavy atom. The molecule has 0 fully saturated rings. The van der Waals surface area contributed by atoms with E-state index in [0.29, 0.717) is 0 Å². The Morgan fingerprint density at radius 3 is 2.36 bits per heavy atom. The van der Waals surface area contributed by atoms with Crippen LogP contribution in [0.25, 0.3) is 0 Å². The van der Waals surface area contributed by atoms with Gasteiger partial charge in [-0.05, 0) is 53.7 Å². The van der Waals surface area contributed by atoms with Crippen molar-refractivity contribution < 1.29 is 4.74 Å². The molecule has 0 N–H and O–H groups in total. The highest BCUT2D eigenvalue weighted by Crippen LogP contribution is 2.67. The number of hydrogen-bond donors (Lipinski definition) is 0. The standard InChI is InChI=1S/C20H26OS/c1-7-14-11-12-18-17(13-14)21-16-10-8-9-15(20(2,3)4)19(16)22(18,5)6/h8-13H,7H2,1-6H3. The molecule has 1 aliphatic rings. The predicted octanol–water partition coefficient (Wildman–Crippen LogP) is 6.13. The Kier molecular flexibility index (Phi) is 3.56. The molecule has 1 nitrogen and oxygen atoms in total. The zero-order valence-electron chi connectivity index (χ0n) is 14.5. The van der Waals surface area contributed by atoms with Crippen LogP contribution in [0.5, 0.6) is 11.5 Å². The van der Waals surface area contributed by atoms with Crippen LogP contribution in [0.3, 0.4) is 0 Å². The molecule has 22 heavy (non-hydrogen) atoms. The topological polar surface area (TPSA) is 9.23 Å². The Morgan fingerprint density at radius 1 is 1.00 bits per heavy atom. The fourth-order valence-corrected chi connectivity index (χ4v) is 5.98. The molecule has 0 atom stereocenters. The largest absolute Gasteiger partial charge is 0.455 e. The highest BCUT2D eigenvalue weighted by atomic mass is 32.3. The van der Waals surface area contributed by atoms with E-state index in [2.05, 4.69) is 76.6 Å². The second-order valence-electron chi connectivity index (χ2n) is 7.45. The zero-order chi connectivity index (χ0) is 16.1. The van der Waals surface area contributed by atoms with Gasteiger partial charge in [-0.15, -0.1) is 0 Å². The summed E-state index contributed by atoms with van der Waals surface area (Å²) in [6, 6.07) is 13.3. The van der Waals surface area contributed by atoms with Crippen molar-refractivity contribution in [3.63, 3.8) is 0 Å². The van der Waals surface area contributed by atoms with Crippen LogP contribution in [0.1, 0.15) is 38.8 Å². The molecular formula is C20H26OS. The van der Waals surface area contributed by atoms with Crippen molar-refractivity contribution in [3.8, 4) is 11.5 Å².